The molecule has 1 aromatic heterocycles. The van der Waals surface area contributed by atoms with Crippen LogP contribution >= 0.6 is 23.2 Å². The van der Waals surface area contributed by atoms with E-state index in [1.165, 1.54) is 0 Å². The molecule has 6 heteroatoms. The lowest BCUT2D eigenvalue weighted by Crippen LogP contribution is -1.98. The van der Waals surface area contributed by atoms with Gasteiger partial charge in [-0.25, -0.2) is 9.97 Å². The minimum Gasteiger partial charge on any atom is -0.497 e. The first-order chi connectivity index (χ1) is 8.22. The van der Waals surface area contributed by atoms with E-state index < -0.39 is 0 Å². The quantitative estimate of drug-likeness (QED) is 0.804. The number of hydrogen-bond donors (Lipinski definition) is 0. The molecule has 0 N–H and O–H groups in total. The minimum atomic E-state index is 0.133. The summed E-state index contributed by atoms with van der Waals surface area (Å²) in [5.74, 6) is 1.86. The fraction of sp³-hybridized carbons (Fsp3) is 0.182. The zero-order valence-corrected chi connectivity index (χ0v) is 10.5. The Morgan fingerprint density at radius 2 is 2.06 bits per heavy atom. The van der Waals surface area contributed by atoms with Crippen LogP contribution in [-0.2, 0) is 5.88 Å². The van der Waals surface area contributed by atoms with Gasteiger partial charge < -0.3 is 4.74 Å². The molecule has 0 amide bonds. The molecule has 0 aliphatic heterocycles. The summed E-state index contributed by atoms with van der Waals surface area (Å²) in [6.07, 6.45) is 0. The van der Waals surface area contributed by atoms with Gasteiger partial charge >= 0.3 is 0 Å². The molecule has 88 valence electrons. The molecule has 2 rings (SSSR count). The molecule has 0 saturated carbocycles. The van der Waals surface area contributed by atoms with E-state index in [2.05, 4.69) is 15.0 Å². The van der Waals surface area contributed by atoms with Crippen LogP contribution in [0.15, 0.2) is 24.3 Å². The SMILES string of the molecule is COc1cccc(-c2nc(Cl)nc(CCl)n2)c1. The minimum absolute atomic E-state index is 0.133. The van der Waals surface area contributed by atoms with Gasteiger partial charge in [0.1, 0.15) is 11.6 Å². The van der Waals surface area contributed by atoms with Crippen molar-refractivity contribution in [1.29, 1.82) is 0 Å². The number of rotatable bonds is 3. The molecule has 0 bridgehead atoms. The van der Waals surface area contributed by atoms with Gasteiger partial charge in [0.25, 0.3) is 0 Å². The molecule has 0 spiro atoms. The van der Waals surface area contributed by atoms with E-state index in [1.807, 2.05) is 24.3 Å². The van der Waals surface area contributed by atoms with Crippen molar-refractivity contribution in [3.05, 3.63) is 35.4 Å². The molecule has 0 aliphatic carbocycles. The van der Waals surface area contributed by atoms with Gasteiger partial charge in [0.05, 0.1) is 13.0 Å². The number of ether oxygens (including phenoxy) is 1. The Kier molecular flexibility index (Phi) is 3.76. The smallest absolute Gasteiger partial charge is 0.226 e. The molecule has 0 atom stereocenters. The summed E-state index contributed by atoms with van der Waals surface area (Å²) in [7, 11) is 1.60. The normalized spacial score (nSPS) is 10.3. The number of halogens is 2. The Balaban J connectivity index is 2.47. The van der Waals surface area contributed by atoms with Gasteiger partial charge in [0, 0.05) is 5.56 Å². The number of benzene rings is 1. The van der Waals surface area contributed by atoms with Gasteiger partial charge in [0.15, 0.2) is 5.82 Å². The van der Waals surface area contributed by atoms with E-state index in [1.54, 1.807) is 7.11 Å². The largest absolute Gasteiger partial charge is 0.497 e. The third-order valence-electron chi connectivity index (χ3n) is 2.10. The molecule has 1 aromatic carbocycles. The topological polar surface area (TPSA) is 47.9 Å². The van der Waals surface area contributed by atoms with Crippen LogP contribution in [0.25, 0.3) is 11.4 Å². The summed E-state index contributed by atoms with van der Waals surface area (Å²) >= 11 is 11.5. The van der Waals surface area contributed by atoms with E-state index in [4.69, 9.17) is 27.9 Å². The molecule has 2 aromatic rings. The maximum absolute atomic E-state index is 5.80. The van der Waals surface area contributed by atoms with Crippen LogP contribution in [0.5, 0.6) is 5.75 Å². The van der Waals surface area contributed by atoms with Crippen molar-refractivity contribution < 1.29 is 4.74 Å². The third-order valence-corrected chi connectivity index (χ3v) is 2.51. The predicted octanol–water partition coefficient (Wildman–Crippen LogP) is 2.94. The summed E-state index contributed by atoms with van der Waals surface area (Å²) in [6.45, 7) is 0. The van der Waals surface area contributed by atoms with Crippen LogP contribution in [0.4, 0.5) is 0 Å². The second-order valence-electron chi connectivity index (χ2n) is 3.21. The average molecular weight is 270 g/mol. The zero-order valence-electron chi connectivity index (χ0n) is 9.02. The lowest BCUT2D eigenvalue weighted by Gasteiger charge is -2.04. The van der Waals surface area contributed by atoms with Crippen LogP contribution in [0.3, 0.4) is 0 Å². The molecular weight excluding hydrogens is 261 g/mol. The van der Waals surface area contributed by atoms with Gasteiger partial charge in [-0.15, -0.1) is 11.6 Å². The Bertz CT molecular complexity index is 534. The summed E-state index contributed by atoms with van der Waals surface area (Å²) in [5, 5.41) is 0.133. The fourth-order valence-corrected chi connectivity index (χ4v) is 1.64. The zero-order chi connectivity index (χ0) is 12.3. The Labute approximate surface area is 109 Å². The molecule has 0 radical (unpaired) electrons. The Morgan fingerprint density at radius 3 is 2.76 bits per heavy atom. The number of alkyl halides is 1. The van der Waals surface area contributed by atoms with E-state index >= 15 is 0 Å². The van der Waals surface area contributed by atoms with Gasteiger partial charge in [-0.1, -0.05) is 12.1 Å². The fourth-order valence-electron chi connectivity index (χ4n) is 1.34. The van der Waals surface area contributed by atoms with Crippen LogP contribution in [0, 0.1) is 0 Å². The summed E-state index contributed by atoms with van der Waals surface area (Å²) in [4.78, 5) is 12.2. The Morgan fingerprint density at radius 1 is 1.24 bits per heavy atom. The number of nitrogens with zero attached hydrogens (tertiary/aromatic N) is 3. The van der Waals surface area contributed by atoms with Crippen molar-refractivity contribution >= 4 is 23.2 Å². The van der Waals surface area contributed by atoms with Gasteiger partial charge in [-0.3, -0.25) is 0 Å². The van der Waals surface area contributed by atoms with Crippen molar-refractivity contribution in [2.45, 2.75) is 5.88 Å². The standard InChI is InChI=1S/C11H9Cl2N3O/c1-17-8-4-2-3-7(5-8)10-14-9(6-12)15-11(13)16-10/h2-5H,6H2,1H3. The summed E-state index contributed by atoms with van der Waals surface area (Å²) in [6, 6.07) is 7.39. The number of aromatic nitrogens is 3. The van der Waals surface area contributed by atoms with Crippen LogP contribution in [-0.4, -0.2) is 22.1 Å². The summed E-state index contributed by atoms with van der Waals surface area (Å²) < 4.78 is 5.13. The van der Waals surface area contributed by atoms with Gasteiger partial charge in [0.2, 0.25) is 5.28 Å². The summed E-state index contributed by atoms with van der Waals surface area (Å²) in [5.41, 5.74) is 0.806. The van der Waals surface area contributed by atoms with E-state index in [-0.39, 0.29) is 11.2 Å². The number of methoxy groups -OCH3 is 1. The van der Waals surface area contributed by atoms with E-state index in [0.717, 1.165) is 11.3 Å². The molecule has 0 unspecified atom stereocenters. The molecular formula is C11H9Cl2N3O. The van der Waals surface area contributed by atoms with Gasteiger partial charge in [-0.2, -0.15) is 4.98 Å². The first kappa shape index (κ1) is 12.1. The Hall–Kier alpha value is -1.39. The predicted molar refractivity (Wildman–Crippen MR) is 66.4 cm³/mol. The first-order valence-corrected chi connectivity index (χ1v) is 5.75. The highest BCUT2D eigenvalue weighted by Crippen LogP contribution is 2.21. The second kappa shape index (κ2) is 5.29. The highest BCUT2D eigenvalue weighted by Gasteiger charge is 2.07. The van der Waals surface area contributed by atoms with E-state index in [0.29, 0.717) is 11.6 Å². The van der Waals surface area contributed by atoms with E-state index in [9.17, 15) is 0 Å². The average Bonchev–Trinajstić information content (AvgIpc) is 2.38. The monoisotopic (exact) mass is 269 g/mol. The molecule has 17 heavy (non-hydrogen) atoms. The van der Waals surface area contributed by atoms with Crippen molar-refractivity contribution in [1.82, 2.24) is 15.0 Å². The van der Waals surface area contributed by atoms with Crippen LogP contribution < -0.4 is 4.74 Å². The highest BCUT2D eigenvalue weighted by molar-refractivity contribution is 6.28. The maximum Gasteiger partial charge on any atom is 0.226 e. The van der Waals surface area contributed by atoms with Crippen molar-refractivity contribution in [2.24, 2.45) is 0 Å². The van der Waals surface area contributed by atoms with Crippen LogP contribution in [0.1, 0.15) is 5.82 Å². The molecule has 1 heterocycles. The molecule has 0 fully saturated rings. The van der Waals surface area contributed by atoms with Crippen LogP contribution in [0.2, 0.25) is 5.28 Å². The number of hydrogen-bond acceptors (Lipinski definition) is 4. The lowest BCUT2D eigenvalue weighted by atomic mass is 10.2. The molecule has 4 nitrogen and oxygen atoms in total. The van der Waals surface area contributed by atoms with Gasteiger partial charge in [-0.05, 0) is 23.7 Å². The van der Waals surface area contributed by atoms with Crippen molar-refractivity contribution in [3.63, 3.8) is 0 Å². The lowest BCUT2D eigenvalue weighted by molar-refractivity contribution is 0.415. The third kappa shape index (κ3) is 2.84. The highest BCUT2D eigenvalue weighted by atomic mass is 35.5. The second-order valence-corrected chi connectivity index (χ2v) is 3.82. The maximum atomic E-state index is 5.80. The molecule has 0 aliphatic rings. The van der Waals surface area contributed by atoms with Crippen molar-refractivity contribution in [2.75, 3.05) is 7.11 Å². The molecule has 0 saturated heterocycles. The van der Waals surface area contributed by atoms with Crippen molar-refractivity contribution in [3.8, 4) is 17.1 Å². The first-order valence-electron chi connectivity index (χ1n) is 4.84.